The van der Waals surface area contributed by atoms with Crippen LogP contribution in [0.25, 0.3) is 0 Å². The highest BCUT2D eigenvalue weighted by atomic mass is 79.9. The van der Waals surface area contributed by atoms with Crippen LogP contribution in [0.5, 0.6) is 0 Å². The maximum Gasteiger partial charge on any atom is 0.237 e. The van der Waals surface area contributed by atoms with E-state index in [0.29, 0.717) is 13.0 Å². The molecule has 4 nitrogen and oxygen atoms in total. The minimum atomic E-state index is -0.0733. The largest absolute Gasteiger partial charge is 0.291 e. The van der Waals surface area contributed by atoms with Crippen LogP contribution in [0.4, 0.5) is 0 Å². The molecule has 0 spiro atoms. The number of halogens is 1. The van der Waals surface area contributed by atoms with Gasteiger partial charge in [0.15, 0.2) is 0 Å². The van der Waals surface area contributed by atoms with Gasteiger partial charge in [-0.2, -0.15) is 0 Å². The number of rotatable bonds is 11. The van der Waals surface area contributed by atoms with Gasteiger partial charge in [0, 0.05) is 39.9 Å². The standard InChI is InChI=1S/C30H32BrN3OS/c1-3-12-26(17-11-20-29(35)34-33-22-23-13-5-4-6-14-23)36-28-19-10-9-18-27(28)30(32-2)24-15-7-8-16-25(31)21-24/h4-14,16-19,21,33H,3,15,20,22H2,1-2H3,(H,34,35)/b17-11-,26-12+,32-30?. The van der Waals surface area contributed by atoms with Gasteiger partial charge in [-0.05, 0) is 42.2 Å². The van der Waals surface area contributed by atoms with Crippen molar-refractivity contribution in [3.05, 3.63) is 123 Å². The summed E-state index contributed by atoms with van der Waals surface area (Å²) >= 11 is 5.31. The Kier molecular flexibility index (Phi) is 11.7. The van der Waals surface area contributed by atoms with Gasteiger partial charge in [-0.1, -0.05) is 114 Å². The van der Waals surface area contributed by atoms with Crippen LogP contribution >= 0.6 is 27.7 Å². The summed E-state index contributed by atoms with van der Waals surface area (Å²) in [6.45, 7) is 2.70. The normalized spacial score (nSPS) is 14.4. The van der Waals surface area contributed by atoms with Gasteiger partial charge >= 0.3 is 0 Å². The number of aliphatic imine (C=N–C) groups is 1. The second-order valence-electron chi connectivity index (χ2n) is 8.03. The first kappa shape index (κ1) is 27.7. The molecule has 1 amide bonds. The van der Waals surface area contributed by atoms with E-state index in [1.54, 1.807) is 11.8 Å². The SMILES string of the molecule is CC/C=C(\C=C/CC(=O)NNCc1ccccc1)Sc1ccccc1C(=NC)C1=CC(Br)=CC=CC1. The second kappa shape index (κ2) is 15.2. The number of carbonyl (C=O) groups excluding carboxylic acids is 1. The van der Waals surface area contributed by atoms with E-state index in [1.165, 1.54) is 5.57 Å². The van der Waals surface area contributed by atoms with Crippen LogP contribution in [-0.4, -0.2) is 18.7 Å². The molecule has 1 aliphatic rings. The molecule has 2 aromatic rings. The summed E-state index contributed by atoms with van der Waals surface area (Å²) < 4.78 is 1.03. The molecule has 186 valence electrons. The lowest BCUT2D eigenvalue weighted by Crippen LogP contribution is -2.36. The number of allylic oxidation sites excluding steroid dienone is 8. The Bertz CT molecular complexity index is 1210. The van der Waals surface area contributed by atoms with Crippen molar-refractivity contribution >= 4 is 39.3 Å². The summed E-state index contributed by atoms with van der Waals surface area (Å²) in [4.78, 5) is 19.1. The van der Waals surface area contributed by atoms with Gasteiger partial charge in [0.05, 0.1) is 5.71 Å². The molecule has 2 N–H and O–H groups in total. The van der Waals surface area contributed by atoms with E-state index in [-0.39, 0.29) is 5.91 Å². The highest BCUT2D eigenvalue weighted by Gasteiger charge is 2.15. The van der Waals surface area contributed by atoms with Gasteiger partial charge in [0.25, 0.3) is 0 Å². The van der Waals surface area contributed by atoms with Gasteiger partial charge in [-0.25, -0.2) is 5.43 Å². The molecular formula is C30H32BrN3OS. The molecule has 36 heavy (non-hydrogen) atoms. The summed E-state index contributed by atoms with van der Waals surface area (Å²) in [7, 11) is 1.84. The summed E-state index contributed by atoms with van der Waals surface area (Å²) in [6.07, 6.45) is 16.5. The topological polar surface area (TPSA) is 53.5 Å². The van der Waals surface area contributed by atoms with Crippen molar-refractivity contribution in [2.24, 2.45) is 4.99 Å². The average molecular weight is 563 g/mol. The van der Waals surface area contributed by atoms with Crippen molar-refractivity contribution < 1.29 is 4.79 Å². The summed E-state index contributed by atoms with van der Waals surface area (Å²) in [5.41, 5.74) is 10.1. The van der Waals surface area contributed by atoms with E-state index in [2.05, 4.69) is 81.2 Å². The lowest BCUT2D eigenvalue weighted by Gasteiger charge is -2.14. The Hall–Kier alpha value is -2.93. The Morgan fingerprint density at radius 3 is 2.69 bits per heavy atom. The third-order valence-electron chi connectivity index (χ3n) is 5.29. The Morgan fingerprint density at radius 1 is 1.14 bits per heavy atom. The van der Waals surface area contributed by atoms with Crippen LogP contribution in [-0.2, 0) is 11.3 Å². The summed E-state index contributed by atoms with van der Waals surface area (Å²) in [5.74, 6) is -0.0733. The molecule has 0 aromatic heterocycles. The fourth-order valence-corrected chi connectivity index (χ4v) is 5.15. The van der Waals surface area contributed by atoms with Crippen molar-refractivity contribution in [2.45, 2.75) is 37.6 Å². The minimum absolute atomic E-state index is 0.0733. The van der Waals surface area contributed by atoms with E-state index in [4.69, 9.17) is 0 Å². The van der Waals surface area contributed by atoms with Crippen LogP contribution in [0.1, 0.15) is 37.3 Å². The maximum atomic E-state index is 12.3. The summed E-state index contributed by atoms with van der Waals surface area (Å²) in [5, 5.41) is 0. The van der Waals surface area contributed by atoms with E-state index in [0.717, 1.165) is 44.0 Å². The van der Waals surface area contributed by atoms with Crippen molar-refractivity contribution in [3.8, 4) is 0 Å². The molecule has 0 aliphatic heterocycles. The highest BCUT2D eigenvalue weighted by Crippen LogP contribution is 2.33. The molecular weight excluding hydrogens is 530 g/mol. The predicted octanol–water partition coefficient (Wildman–Crippen LogP) is 7.42. The molecule has 0 saturated carbocycles. The third-order valence-corrected chi connectivity index (χ3v) is 6.90. The predicted molar refractivity (Wildman–Crippen MR) is 157 cm³/mol. The number of hydrogen-bond acceptors (Lipinski definition) is 4. The number of hydrazine groups is 1. The molecule has 0 saturated heterocycles. The molecule has 0 fully saturated rings. The quantitative estimate of drug-likeness (QED) is 0.130. The van der Waals surface area contributed by atoms with E-state index < -0.39 is 0 Å². The van der Waals surface area contributed by atoms with Gasteiger partial charge < -0.3 is 0 Å². The molecule has 0 bridgehead atoms. The number of thioether (sulfide) groups is 1. The number of amides is 1. The van der Waals surface area contributed by atoms with Gasteiger partial charge in [-0.3, -0.25) is 15.2 Å². The fraction of sp³-hybridized carbons (Fsp3) is 0.200. The van der Waals surface area contributed by atoms with Crippen molar-refractivity contribution in [1.82, 2.24) is 10.9 Å². The van der Waals surface area contributed by atoms with Crippen LogP contribution in [0.15, 0.2) is 122 Å². The Morgan fingerprint density at radius 2 is 1.92 bits per heavy atom. The number of benzene rings is 2. The zero-order valence-electron chi connectivity index (χ0n) is 20.7. The molecule has 1 aliphatic carbocycles. The van der Waals surface area contributed by atoms with Crippen LogP contribution < -0.4 is 10.9 Å². The number of carbonyl (C=O) groups is 1. The van der Waals surface area contributed by atoms with Crippen LogP contribution in [0.2, 0.25) is 0 Å². The lowest BCUT2D eigenvalue weighted by atomic mass is 9.99. The van der Waals surface area contributed by atoms with Gasteiger partial charge in [-0.15, -0.1) is 0 Å². The average Bonchev–Trinajstić information content (AvgIpc) is 3.10. The third kappa shape index (κ3) is 8.94. The number of nitrogens with zero attached hydrogens (tertiary/aromatic N) is 1. The van der Waals surface area contributed by atoms with E-state index in [9.17, 15) is 4.79 Å². The Balaban J connectivity index is 1.65. The van der Waals surface area contributed by atoms with Crippen LogP contribution in [0, 0.1) is 0 Å². The van der Waals surface area contributed by atoms with Crippen molar-refractivity contribution in [1.29, 1.82) is 0 Å². The van der Waals surface area contributed by atoms with E-state index in [1.807, 2.05) is 61.7 Å². The molecule has 0 heterocycles. The fourth-order valence-electron chi connectivity index (χ4n) is 3.63. The first-order chi connectivity index (χ1) is 17.6. The number of hydrogen-bond donors (Lipinski definition) is 2. The zero-order chi connectivity index (χ0) is 25.6. The lowest BCUT2D eigenvalue weighted by molar-refractivity contribution is -0.121. The molecule has 0 radical (unpaired) electrons. The highest BCUT2D eigenvalue weighted by molar-refractivity contribution is 9.11. The summed E-state index contributed by atoms with van der Waals surface area (Å²) in [6, 6.07) is 18.3. The van der Waals surface area contributed by atoms with Crippen molar-refractivity contribution in [2.75, 3.05) is 7.05 Å². The van der Waals surface area contributed by atoms with E-state index >= 15 is 0 Å². The van der Waals surface area contributed by atoms with Gasteiger partial charge in [0.2, 0.25) is 5.91 Å². The van der Waals surface area contributed by atoms with Crippen LogP contribution in [0.3, 0.4) is 0 Å². The Labute approximate surface area is 227 Å². The minimum Gasteiger partial charge on any atom is -0.291 e. The first-order valence-electron chi connectivity index (χ1n) is 12.0. The molecule has 0 unspecified atom stereocenters. The molecule has 0 atom stereocenters. The molecule has 6 heteroatoms. The monoisotopic (exact) mass is 561 g/mol. The first-order valence-corrected chi connectivity index (χ1v) is 13.6. The van der Waals surface area contributed by atoms with Gasteiger partial charge in [0.1, 0.15) is 0 Å². The van der Waals surface area contributed by atoms with Crippen molar-refractivity contribution in [3.63, 3.8) is 0 Å². The smallest absolute Gasteiger partial charge is 0.237 e. The maximum absolute atomic E-state index is 12.3. The number of nitrogens with one attached hydrogen (secondary N) is 2. The second-order valence-corrected chi connectivity index (χ2v) is 10.1. The molecule has 2 aromatic carbocycles. The zero-order valence-corrected chi connectivity index (χ0v) is 23.1. The molecule has 3 rings (SSSR count).